The standard InChI is InChI=1S/C17H20ClN3O5/c18-11-5-6-12(14(8-11)21(25)26)19-16(22)9-20-13-4-2-1-3-10(13)7-15(20)17(23)24/h5-6,8,10,13,15H,1-4,7,9H2,(H,19,22)(H,23,24). The minimum absolute atomic E-state index is 0.0515. The maximum Gasteiger partial charge on any atom is 0.320 e. The molecule has 26 heavy (non-hydrogen) atoms. The van der Waals surface area contributed by atoms with Crippen molar-refractivity contribution < 1.29 is 19.6 Å². The molecule has 1 heterocycles. The van der Waals surface area contributed by atoms with Gasteiger partial charge in [0.1, 0.15) is 11.7 Å². The zero-order valence-electron chi connectivity index (χ0n) is 14.1. The molecule has 2 N–H and O–H groups in total. The number of likely N-dealkylation sites (tertiary alicyclic amines) is 1. The van der Waals surface area contributed by atoms with Gasteiger partial charge in [-0.25, -0.2) is 0 Å². The first-order valence-electron chi connectivity index (χ1n) is 8.59. The molecule has 0 aromatic heterocycles. The molecule has 2 aliphatic rings. The molecule has 1 saturated heterocycles. The lowest BCUT2D eigenvalue weighted by atomic mass is 9.85. The Bertz CT molecular complexity index is 741. The Kier molecular flexibility index (Phi) is 5.43. The summed E-state index contributed by atoms with van der Waals surface area (Å²) in [6.45, 7) is -0.0993. The van der Waals surface area contributed by atoms with Crippen LogP contribution in [0.1, 0.15) is 32.1 Å². The smallest absolute Gasteiger partial charge is 0.320 e. The maximum atomic E-state index is 12.5. The number of nitro groups is 1. The molecule has 9 heteroatoms. The number of nitrogens with zero attached hydrogens (tertiary/aromatic N) is 2. The first-order chi connectivity index (χ1) is 12.4. The highest BCUT2D eigenvalue weighted by Crippen LogP contribution is 2.39. The van der Waals surface area contributed by atoms with E-state index in [4.69, 9.17) is 11.6 Å². The van der Waals surface area contributed by atoms with E-state index < -0.39 is 22.8 Å². The van der Waals surface area contributed by atoms with Crippen LogP contribution in [0.4, 0.5) is 11.4 Å². The number of nitrogens with one attached hydrogen (secondary N) is 1. The minimum Gasteiger partial charge on any atom is -0.480 e. The number of halogens is 1. The number of hydrogen-bond acceptors (Lipinski definition) is 5. The summed E-state index contributed by atoms with van der Waals surface area (Å²) < 4.78 is 0. The average Bonchev–Trinajstić information content (AvgIpc) is 2.95. The highest BCUT2D eigenvalue weighted by Gasteiger charge is 2.45. The number of nitro benzene ring substituents is 1. The van der Waals surface area contributed by atoms with Crippen molar-refractivity contribution in [3.8, 4) is 0 Å². The van der Waals surface area contributed by atoms with E-state index >= 15 is 0 Å². The van der Waals surface area contributed by atoms with Crippen LogP contribution in [0.15, 0.2) is 18.2 Å². The fraction of sp³-hybridized carbons (Fsp3) is 0.529. The van der Waals surface area contributed by atoms with Crippen LogP contribution in [0.3, 0.4) is 0 Å². The second-order valence-corrected chi connectivity index (χ2v) is 7.28. The normalized spacial score (nSPS) is 25.5. The maximum absolute atomic E-state index is 12.5. The lowest BCUT2D eigenvalue weighted by Gasteiger charge is -2.32. The van der Waals surface area contributed by atoms with Gasteiger partial charge in [0.25, 0.3) is 5.69 Å². The summed E-state index contributed by atoms with van der Waals surface area (Å²) in [6, 6.07) is 3.40. The van der Waals surface area contributed by atoms with E-state index in [9.17, 15) is 24.8 Å². The van der Waals surface area contributed by atoms with Gasteiger partial charge < -0.3 is 10.4 Å². The number of amides is 1. The molecule has 2 fully saturated rings. The predicted molar refractivity (Wildman–Crippen MR) is 95.2 cm³/mol. The third-order valence-electron chi connectivity index (χ3n) is 5.26. The first-order valence-corrected chi connectivity index (χ1v) is 8.97. The number of rotatable bonds is 5. The Balaban J connectivity index is 1.74. The van der Waals surface area contributed by atoms with Crippen molar-refractivity contribution in [1.29, 1.82) is 0 Å². The SMILES string of the molecule is O=C(CN1C(C(=O)O)CC2CCCCC21)Nc1ccc(Cl)cc1[N+](=O)[O-]. The van der Waals surface area contributed by atoms with Gasteiger partial charge in [0, 0.05) is 17.1 Å². The summed E-state index contributed by atoms with van der Waals surface area (Å²) in [5, 5.41) is 23.4. The van der Waals surface area contributed by atoms with E-state index in [-0.39, 0.29) is 29.0 Å². The molecule has 1 aromatic rings. The fourth-order valence-electron chi connectivity index (χ4n) is 4.14. The molecule has 0 radical (unpaired) electrons. The number of carbonyl (C=O) groups is 2. The quantitative estimate of drug-likeness (QED) is 0.599. The third kappa shape index (κ3) is 3.81. The van der Waals surface area contributed by atoms with Crippen molar-refractivity contribution in [2.45, 2.75) is 44.2 Å². The highest BCUT2D eigenvalue weighted by atomic mass is 35.5. The lowest BCUT2D eigenvalue weighted by molar-refractivity contribution is -0.383. The average molecular weight is 382 g/mol. The van der Waals surface area contributed by atoms with E-state index in [1.54, 1.807) is 4.90 Å². The van der Waals surface area contributed by atoms with Crippen molar-refractivity contribution >= 4 is 34.9 Å². The summed E-state index contributed by atoms with van der Waals surface area (Å²) in [4.78, 5) is 36.3. The van der Waals surface area contributed by atoms with Gasteiger partial charge >= 0.3 is 5.97 Å². The fourth-order valence-corrected chi connectivity index (χ4v) is 4.31. The number of benzene rings is 1. The van der Waals surface area contributed by atoms with Crippen LogP contribution < -0.4 is 5.32 Å². The molecule has 8 nitrogen and oxygen atoms in total. The van der Waals surface area contributed by atoms with Gasteiger partial charge in [0.15, 0.2) is 0 Å². The molecule has 1 amide bonds. The van der Waals surface area contributed by atoms with Gasteiger partial charge in [-0.15, -0.1) is 0 Å². The molecule has 140 valence electrons. The van der Waals surface area contributed by atoms with Gasteiger partial charge in [-0.1, -0.05) is 24.4 Å². The number of carboxylic acids is 1. The van der Waals surface area contributed by atoms with Crippen LogP contribution in [0.2, 0.25) is 5.02 Å². The lowest BCUT2D eigenvalue weighted by Crippen LogP contribution is -2.46. The molecule has 1 aromatic carbocycles. The zero-order chi connectivity index (χ0) is 18.8. The number of carboxylic acid groups (broad SMARTS) is 1. The van der Waals surface area contributed by atoms with Gasteiger partial charge in [-0.05, 0) is 37.3 Å². The van der Waals surface area contributed by atoms with Crippen LogP contribution in [-0.2, 0) is 9.59 Å². The van der Waals surface area contributed by atoms with E-state index in [2.05, 4.69) is 5.32 Å². The Labute approximate surface area is 155 Å². The summed E-state index contributed by atoms with van der Waals surface area (Å²) in [7, 11) is 0. The zero-order valence-corrected chi connectivity index (χ0v) is 14.8. The van der Waals surface area contributed by atoms with Crippen LogP contribution in [0.5, 0.6) is 0 Å². The first kappa shape index (κ1) is 18.6. The molecule has 3 rings (SSSR count). The van der Waals surface area contributed by atoms with Gasteiger partial charge in [0.05, 0.1) is 11.5 Å². The van der Waals surface area contributed by atoms with Crippen molar-refractivity contribution in [2.24, 2.45) is 5.92 Å². The van der Waals surface area contributed by atoms with Crippen LogP contribution in [0.25, 0.3) is 0 Å². The van der Waals surface area contributed by atoms with Crippen molar-refractivity contribution in [2.75, 3.05) is 11.9 Å². The third-order valence-corrected chi connectivity index (χ3v) is 5.50. The van der Waals surface area contributed by atoms with Crippen LogP contribution >= 0.6 is 11.6 Å². The summed E-state index contributed by atoms with van der Waals surface area (Å²) in [5.74, 6) is -1.10. The number of aliphatic carboxylic acids is 1. The van der Waals surface area contributed by atoms with E-state index in [0.29, 0.717) is 12.3 Å². The van der Waals surface area contributed by atoms with Crippen LogP contribution in [0, 0.1) is 16.0 Å². The number of carbonyl (C=O) groups excluding carboxylic acids is 1. The number of anilines is 1. The van der Waals surface area contributed by atoms with Gasteiger partial charge in [-0.3, -0.25) is 24.6 Å². The molecular weight excluding hydrogens is 362 g/mol. The Morgan fingerprint density at radius 3 is 2.77 bits per heavy atom. The largest absolute Gasteiger partial charge is 0.480 e. The predicted octanol–water partition coefficient (Wildman–Crippen LogP) is 2.90. The Hall–Kier alpha value is -2.19. The topological polar surface area (TPSA) is 113 Å². The highest BCUT2D eigenvalue weighted by molar-refractivity contribution is 6.31. The second kappa shape index (κ2) is 7.59. The summed E-state index contributed by atoms with van der Waals surface area (Å²) in [5.41, 5.74) is -0.242. The number of fused-ring (bicyclic) bond motifs is 1. The Morgan fingerprint density at radius 1 is 1.35 bits per heavy atom. The van der Waals surface area contributed by atoms with Gasteiger partial charge in [0.2, 0.25) is 5.91 Å². The van der Waals surface area contributed by atoms with Crippen molar-refractivity contribution in [3.05, 3.63) is 33.3 Å². The van der Waals surface area contributed by atoms with E-state index in [0.717, 1.165) is 25.7 Å². The van der Waals surface area contributed by atoms with Crippen molar-refractivity contribution in [1.82, 2.24) is 4.90 Å². The Morgan fingerprint density at radius 2 is 2.08 bits per heavy atom. The second-order valence-electron chi connectivity index (χ2n) is 6.84. The van der Waals surface area contributed by atoms with Gasteiger partial charge in [-0.2, -0.15) is 0 Å². The summed E-state index contributed by atoms with van der Waals surface area (Å²) >= 11 is 5.77. The molecule has 3 unspecified atom stereocenters. The minimum atomic E-state index is -0.926. The number of hydrogen-bond donors (Lipinski definition) is 2. The van der Waals surface area contributed by atoms with E-state index in [1.807, 2.05) is 0 Å². The van der Waals surface area contributed by atoms with Crippen LogP contribution in [-0.4, -0.2) is 45.4 Å². The van der Waals surface area contributed by atoms with E-state index in [1.165, 1.54) is 18.2 Å². The molecule has 3 atom stereocenters. The summed E-state index contributed by atoms with van der Waals surface area (Å²) in [6.07, 6.45) is 4.52. The molecule has 1 aliphatic carbocycles. The molecule has 1 saturated carbocycles. The molecule has 0 spiro atoms. The van der Waals surface area contributed by atoms with Crippen molar-refractivity contribution in [3.63, 3.8) is 0 Å². The molecule has 1 aliphatic heterocycles. The monoisotopic (exact) mass is 381 g/mol. The molecule has 0 bridgehead atoms. The molecular formula is C17H20ClN3O5.